The Balaban J connectivity index is 1.54. The molecule has 2 atom stereocenters. The van der Waals surface area contributed by atoms with Gasteiger partial charge in [0, 0.05) is 17.6 Å². The van der Waals surface area contributed by atoms with E-state index < -0.39 is 0 Å². The Hall–Kier alpha value is -2.22. The van der Waals surface area contributed by atoms with Crippen LogP contribution in [0.15, 0.2) is 23.4 Å². The van der Waals surface area contributed by atoms with E-state index in [4.69, 9.17) is 9.47 Å². The molecule has 0 bridgehead atoms. The first-order chi connectivity index (χ1) is 16.1. The molecule has 1 aromatic carbocycles. The molecule has 1 amide bonds. The Labute approximate surface area is 201 Å². The van der Waals surface area contributed by atoms with E-state index in [-0.39, 0.29) is 5.91 Å². The van der Waals surface area contributed by atoms with Crippen LogP contribution in [-0.2, 0) is 4.79 Å². The molecule has 2 aromatic rings. The largest absolute Gasteiger partial charge is 0.493 e. The molecule has 2 aliphatic rings. The fourth-order valence-electron chi connectivity index (χ4n) is 5.13. The van der Waals surface area contributed by atoms with Crippen LogP contribution in [0.3, 0.4) is 0 Å². The van der Waals surface area contributed by atoms with Gasteiger partial charge in [-0.05, 0) is 49.8 Å². The van der Waals surface area contributed by atoms with Crippen molar-refractivity contribution >= 4 is 17.7 Å². The topological polar surface area (TPSA) is 78.3 Å². The number of rotatable bonds is 8. The first-order valence-electron chi connectivity index (χ1n) is 12.2. The minimum absolute atomic E-state index is 0.0876. The second-order valence-corrected chi connectivity index (χ2v) is 10.2. The quantitative estimate of drug-likeness (QED) is 0.529. The number of hydrogen-bond donors (Lipinski definition) is 1. The number of thioether (sulfide) groups is 1. The number of benzene rings is 1. The van der Waals surface area contributed by atoms with E-state index in [1.54, 1.807) is 14.2 Å². The highest BCUT2D eigenvalue weighted by Crippen LogP contribution is 2.38. The molecule has 1 heterocycles. The number of amides is 1. The maximum absolute atomic E-state index is 12.7. The third-order valence-corrected chi connectivity index (χ3v) is 7.98. The number of nitrogens with zero attached hydrogens (tertiary/aromatic N) is 3. The lowest BCUT2D eigenvalue weighted by Crippen LogP contribution is -2.41. The van der Waals surface area contributed by atoms with Gasteiger partial charge in [-0.15, -0.1) is 10.2 Å². The fraction of sp³-hybridized carbons (Fsp3) is 0.640. The maximum atomic E-state index is 12.7. The van der Waals surface area contributed by atoms with Crippen molar-refractivity contribution in [2.75, 3.05) is 20.0 Å². The number of carbonyl (C=O) groups excluding carboxylic acids is 1. The van der Waals surface area contributed by atoms with E-state index in [0.29, 0.717) is 35.3 Å². The number of methoxy groups -OCH3 is 2. The smallest absolute Gasteiger partial charge is 0.230 e. The van der Waals surface area contributed by atoms with Gasteiger partial charge in [0.25, 0.3) is 0 Å². The number of hydrogen-bond acceptors (Lipinski definition) is 6. The van der Waals surface area contributed by atoms with Gasteiger partial charge in [-0.3, -0.25) is 9.36 Å². The van der Waals surface area contributed by atoms with Gasteiger partial charge in [-0.25, -0.2) is 0 Å². The molecule has 0 aliphatic heterocycles. The summed E-state index contributed by atoms with van der Waals surface area (Å²) >= 11 is 1.49. The fourth-order valence-corrected chi connectivity index (χ4v) is 5.94. The lowest BCUT2D eigenvalue weighted by Gasteiger charge is -2.29. The van der Waals surface area contributed by atoms with Crippen LogP contribution in [-0.4, -0.2) is 46.7 Å². The second kappa shape index (κ2) is 11.3. The first-order valence-corrected chi connectivity index (χ1v) is 13.2. The van der Waals surface area contributed by atoms with Crippen molar-refractivity contribution < 1.29 is 14.3 Å². The molecule has 33 heavy (non-hydrogen) atoms. The van der Waals surface area contributed by atoms with E-state index in [1.807, 2.05) is 18.2 Å². The van der Waals surface area contributed by atoms with Gasteiger partial charge in [-0.1, -0.05) is 50.8 Å². The SMILES string of the molecule is COc1ccc(-c2nnc(SCC(=O)NC3CCCCC3C)n2C2CCCCC2)cc1OC. The number of nitrogens with one attached hydrogen (secondary N) is 1. The number of aromatic nitrogens is 3. The first kappa shape index (κ1) is 23.9. The zero-order valence-corrected chi connectivity index (χ0v) is 20.8. The zero-order valence-electron chi connectivity index (χ0n) is 20.0. The summed E-state index contributed by atoms with van der Waals surface area (Å²) in [6.45, 7) is 2.24. The van der Waals surface area contributed by atoms with E-state index in [0.717, 1.165) is 35.8 Å². The van der Waals surface area contributed by atoms with E-state index in [1.165, 1.54) is 50.3 Å². The summed E-state index contributed by atoms with van der Waals surface area (Å²) in [4.78, 5) is 12.7. The molecule has 0 saturated heterocycles. The molecule has 180 valence electrons. The molecule has 2 saturated carbocycles. The Bertz CT molecular complexity index is 942. The van der Waals surface area contributed by atoms with Gasteiger partial charge in [0.2, 0.25) is 5.91 Å². The molecular formula is C25H36N4O3S. The van der Waals surface area contributed by atoms with Crippen molar-refractivity contribution in [3.8, 4) is 22.9 Å². The summed E-state index contributed by atoms with van der Waals surface area (Å²) in [7, 11) is 3.27. The van der Waals surface area contributed by atoms with Gasteiger partial charge in [0.05, 0.1) is 20.0 Å². The molecule has 7 nitrogen and oxygen atoms in total. The van der Waals surface area contributed by atoms with E-state index in [9.17, 15) is 4.79 Å². The van der Waals surface area contributed by atoms with Crippen molar-refractivity contribution in [2.24, 2.45) is 5.92 Å². The van der Waals surface area contributed by atoms with Crippen LogP contribution in [0.25, 0.3) is 11.4 Å². The summed E-state index contributed by atoms with van der Waals surface area (Å²) < 4.78 is 13.2. The highest BCUT2D eigenvalue weighted by molar-refractivity contribution is 7.99. The van der Waals surface area contributed by atoms with Crippen LogP contribution < -0.4 is 14.8 Å². The Morgan fingerprint density at radius 1 is 1.03 bits per heavy atom. The third kappa shape index (κ3) is 5.65. The summed E-state index contributed by atoms with van der Waals surface area (Å²) in [6.07, 6.45) is 10.7. The lowest BCUT2D eigenvalue weighted by atomic mass is 9.86. The van der Waals surface area contributed by atoms with E-state index in [2.05, 4.69) is 27.0 Å². The summed E-state index contributed by atoms with van der Waals surface area (Å²) in [6, 6.07) is 6.50. The molecule has 0 spiro atoms. The predicted octanol–water partition coefficient (Wildman–Crippen LogP) is 5.25. The number of ether oxygens (including phenoxy) is 2. The summed E-state index contributed by atoms with van der Waals surface area (Å²) in [5, 5.41) is 13.2. The molecule has 1 N–H and O–H groups in total. The van der Waals surface area contributed by atoms with Crippen LogP contribution >= 0.6 is 11.8 Å². The molecule has 1 aromatic heterocycles. The molecule has 2 fully saturated rings. The van der Waals surface area contributed by atoms with E-state index >= 15 is 0 Å². The van der Waals surface area contributed by atoms with Crippen molar-refractivity contribution in [2.45, 2.75) is 82.0 Å². The standard InChI is InChI=1S/C25H36N4O3S/c1-17-9-7-8-12-20(17)26-23(30)16-33-25-28-27-24(29(25)19-10-5-4-6-11-19)18-13-14-21(31-2)22(15-18)32-3/h13-15,17,19-20H,4-12,16H2,1-3H3,(H,26,30). The molecule has 4 rings (SSSR count). The van der Waals surface area contributed by atoms with Crippen LogP contribution in [0.2, 0.25) is 0 Å². The molecule has 8 heteroatoms. The Kier molecular flexibility index (Phi) is 8.17. The maximum Gasteiger partial charge on any atom is 0.230 e. The molecular weight excluding hydrogens is 436 g/mol. The van der Waals surface area contributed by atoms with Gasteiger partial charge in [0.15, 0.2) is 22.5 Å². The minimum atomic E-state index is 0.0876. The van der Waals surface area contributed by atoms with Gasteiger partial charge >= 0.3 is 0 Å². The van der Waals surface area contributed by atoms with Crippen LogP contribution in [0, 0.1) is 5.92 Å². The highest BCUT2D eigenvalue weighted by atomic mass is 32.2. The zero-order chi connectivity index (χ0) is 23.2. The molecule has 0 radical (unpaired) electrons. The monoisotopic (exact) mass is 472 g/mol. The van der Waals surface area contributed by atoms with Gasteiger partial charge < -0.3 is 14.8 Å². The predicted molar refractivity (Wildman–Crippen MR) is 131 cm³/mol. The number of carbonyl (C=O) groups is 1. The summed E-state index contributed by atoms with van der Waals surface area (Å²) in [5.74, 6) is 3.18. The summed E-state index contributed by atoms with van der Waals surface area (Å²) in [5.41, 5.74) is 0.943. The highest BCUT2D eigenvalue weighted by Gasteiger charge is 2.26. The molecule has 2 aliphatic carbocycles. The normalized spacial score (nSPS) is 21.5. The average molecular weight is 473 g/mol. The van der Waals surface area contributed by atoms with Gasteiger partial charge in [0.1, 0.15) is 0 Å². The van der Waals surface area contributed by atoms with Crippen LogP contribution in [0.5, 0.6) is 11.5 Å². The van der Waals surface area contributed by atoms with Crippen molar-refractivity contribution in [3.05, 3.63) is 18.2 Å². The van der Waals surface area contributed by atoms with Crippen LogP contribution in [0.4, 0.5) is 0 Å². The van der Waals surface area contributed by atoms with Crippen LogP contribution in [0.1, 0.15) is 70.8 Å². The minimum Gasteiger partial charge on any atom is -0.493 e. The van der Waals surface area contributed by atoms with Crippen molar-refractivity contribution in [1.82, 2.24) is 20.1 Å². The average Bonchev–Trinajstić information content (AvgIpc) is 3.28. The lowest BCUT2D eigenvalue weighted by molar-refractivity contribution is -0.119. The Morgan fingerprint density at radius 3 is 2.48 bits per heavy atom. The Morgan fingerprint density at radius 2 is 1.76 bits per heavy atom. The third-order valence-electron chi connectivity index (χ3n) is 7.04. The van der Waals surface area contributed by atoms with Crippen molar-refractivity contribution in [3.63, 3.8) is 0 Å². The molecule has 2 unspecified atom stereocenters. The second-order valence-electron chi connectivity index (χ2n) is 9.26. The van der Waals surface area contributed by atoms with Crippen molar-refractivity contribution in [1.29, 1.82) is 0 Å². The van der Waals surface area contributed by atoms with Gasteiger partial charge in [-0.2, -0.15) is 0 Å².